The van der Waals surface area contributed by atoms with E-state index in [1.54, 1.807) is 36.4 Å². The van der Waals surface area contributed by atoms with Crippen LogP contribution >= 0.6 is 22.9 Å². The quantitative estimate of drug-likeness (QED) is 0.462. The molecule has 158 valence electrons. The summed E-state index contributed by atoms with van der Waals surface area (Å²) in [6, 6.07) is 12.3. The summed E-state index contributed by atoms with van der Waals surface area (Å²) in [5.41, 5.74) is -0.279. The van der Waals surface area contributed by atoms with Crippen molar-refractivity contribution in [1.29, 1.82) is 0 Å². The summed E-state index contributed by atoms with van der Waals surface area (Å²) in [6.45, 7) is 2.38. The van der Waals surface area contributed by atoms with Gasteiger partial charge in [-0.25, -0.2) is 9.78 Å². The van der Waals surface area contributed by atoms with Gasteiger partial charge < -0.3 is 9.72 Å². The smallest absolute Gasteiger partial charge is 0.328 e. The molecule has 0 radical (unpaired) electrons. The third-order valence-electron chi connectivity index (χ3n) is 4.48. The van der Waals surface area contributed by atoms with E-state index >= 15 is 0 Å². The molecule has 10 heteroatoms. The van der Waals surface area contributed by atoms with Gasteiger partial charge in [0.2, 0.25) is 0 Å². The van der Waals surface area contributed by atoms with Crippen LogP contribution in [0.5, 0.6) is 5.75 Å². The number of nitrogens with zero attached hydrogens (tertiary/aromatic N) is 2. The normalized spacial score (nSPS) is 10.9. The average Bonchev–Trinajstić information content (AvgIpc) is 3.14. The topological polar surface area (TPSA) is 106 Å². The van der Waals surface area contributed by atoms with E-state index in [1.807, 2.05) is 13.0 Å². The second-order valence-corrected chi connectivity index (χ2v) is 7.96. The van der Waals surface area contributed by atoms with Gasteiger partial charge in [0.05, 0.1) is 23.4 Å². The number of aromatic amines is 1. The molecule has 0 unspecified atom stereocenters. The average molecular weight is 457 g/mol. The van der Waals surface area contributed by atoms with E-state index in [4.69, 9.17) is 16.3 Å². The first-order valence-electron chi connectivity index (χ1n) is 9.37. The summed E-state index contributed by atoms with van der Waals surface area (Å²) in [4.78, 5) is 44.6. The number of nitrogens with one attached hydrogen (secondary N) is 2. The molecule has 0 atom stereocenters. The van der Waals surface area contributed by atoms with Gasteiger partial charge in [0.25, 0.3) is 11.5 Å². The third-order valence-corrected chi connectivity index (χ3v) is 5.79. The number of anilines is 1. The molecule has 0 aliphatic carbocycles. The van der Waals surface area contributed by atoms with Crippen LogP contribution in [0.1, 0.15) is 22.8 Å². The lowest BCUT2D eigenvalue weighted by Gasteiger charge is -2.08. The molecule has 0 saturated carbocycles. The van der Waals surface area contributed by atoms with Gasteiger partial charge in [0.1, 0.15) is 11.3 Å². The highest BCUT2D eigenvalue weighted by atomic mass is 35.5. The Morgan fingerprint density at radius 3 is 2.84 bits per heavy atom. The van der Waals surface area contributed by atoms with Crippen molar-refractivity contribution in [2.24, 2.45) is 0 Å². The number of ether oxygens (including phenoxy) is 1. The van der Waals surface area contributed by atoms with Crippen molar-refractivity contribution in [2.75, 3.05) is 11.9 Å². The van der Waals surface area contributed by atoms with Crippen LogP contribution in [-0.2, 0) is 6.54 Å². The van der Waals surface area contributed by atoms with Crippen LogP contribution in [0.2, 0.25) is 5.02 Å². The van der Waals surface area contributed by atoms with Crippen LogP contribution in [0.4, 0.5) is 5.13 Å². The molecule has 0 spiro atoms. The van der Waals surface area contributed by atoms with E-state index in [9.17, 15) is 14.4 Å². The van der Waals surface area contributed by atoms with Crippen molar-refractivity contribution in [3.05, 3.63) is 85.6 Å². The highest BCUT2D eigenvalue weighted by molar-refractivity contribution is 7.22. The molecule has 2 N–H and O–H groups in total. The number of thiazole rings is 1. The van der Waals surface area contributed by atoms with Crippen molar-refractivity contribution in [2.45, 2.75) is 13.5 Å². The van der Waals surface area contributed by atoms with Crippen LogP contribution in [0.25, 0.3) is 10.2 Å². The lowest BCUT2D eigenvalue weighted by Crippen LogP contribution is -2.39. The molecule has 4 aromatic rings. The van der Waals surface area contributed by atoms with E-state index in [2.05, 4.69) is 15.3 Å². The number of carbonyl (C=O) groups is 1. The van der Waals surface area contributed by atoms with Gasteiger partial charge in [-0.05, 0) is 36.8 Å². The minimum Gasteiger partial charge on any atom is -0.494 e. The zero-order valence-corrected chi connectivity index (χ0v) is 17.9. The summed E-state index contributed by atoms with van der Waals surface area (Å²) in [6.07, 6.45) is 1.10. The third kappa shape index (κ3) is 4.37. The molecule has 31 heavy (non-hydrogen) atoms. The highest BCUT2D eigenvalue weighted by Crippen LogP contribution is 2.29. The fourth-order valence-corrected chi connectivity index (χ4v) is 4.08. The number of halogens is 1. The molecule has 0 bridgehead atoms. The Balaban J connectivity index is 1.62. The molecule has 0 aliphatic rings. The Morgan fingerprint density at radius 2 is 2.06 bits per heavy atom. The first-order valence-corrected chi connectivity index (χ1v) is 10.6. The molecule has 1 amide bonds. The number of carbonyl (C=O) groups excluding carboxylic acids is 1. The van der Waals surface area contributed by atoms with E-state index in [-0.39, 0.29) is 12.1 Å². The Labute approximate surface area is 185 Å². The van der Waals surface area contributed by atoms with Crippen LogP contribution in [-0.4, -0.2) is 27.0 Å². The Hall–Kier alpha value is -3.43. The molecule has 2 aromatic heterocycles. The van der Waals surface area contributed by atoms with Gasteiger partial charge in [0, 0.05) is 11.2 Å². The maximum absolute atomic E-state index is 12.8. The second-order valence-electron chi connectivity index (χ2n) is 6.53. The van der Waals surface area contributed by atoms with Crippen LogP contribution < -0.4 is 21.3 Å². The fraction of sp³-hybridized carbons (Fsp3) is 0.143. The van der Waals surface area contributed by atoms with Crippen molar-refractivity contribution < 1.29 is 9.53 Å². The molecule has 0 fully saturated rings. The monoisotopic (exact) mass is 456 g/mol. The zero-order valence-electron chi connectivity index (χ0n) is 16.3. The minimum atomic E-state index is -0.721. The van der Waals surface area contributed by atoms with E-state index in [0.717, 1.165) is 15.5 Å². The van der Waals surface area contributed by atoms with Gasteiger partial charge in [-0.15, -0.1) is 0 Å². The van der Waals surface area contributed by atoms with E-state index in [0.29, 0.717) is 33.6 Å². The van der Waals surface area contributed by atoms with Crippen molar-refractivity contribution in [3.8, 4) is 5.75 Å². The maximum atomic E-state index is 12.8. The summed E-state index contributed by atoms with van der Waals surface area (Å²) in [5, 5.41) is 3.38. The predicted molar refractivity (Wildman–Crippen MR) is 121 cm³/mol. The van der Waals surface area contributed by atoms with Crippen molar-refractivity contribution in [3.63, 3.8) is 0 Å². The van der Waals surface area contributed by atoms with Crippen molar-refractivity contribution >= 4 is 44.2 Å². The van der Waals surface area contributed by atoms with Gasteiger partial charge in [-0.3, -0.25) is 19.5 Å². The van der Waals surface area contributed by atoms with Crippen LogP contribution in [0.15, 0.2) is 58.3 Å². The number of fused-ring (bicyclic) bond motifs is 1. The Morgan fingerprint density at radius 1 is 1.26 bits per heavy atom. The summed E-state index contributed by atoms with van der Waals surface area (Å²) >= 11 is 7.39. The molecular formula is C21H17ClN4O4S. The predicted octanol–water partition coefficient (Wildman–Crippen LogP) is 3.50. The van der Waals surface area contributed by atoms with Crippen molar-refractivity contribution in [1.82, 2.24) is 14.5 Å². The lowest BCUT2D eigenvalue weighted by atomic mass is 10.2. The molecular weight excluding hydrogens is 440 g/mol. The molecule has 4 rings (SSSR count). The van der Waals surface area contributed by atoms with Crippen LogP contribution in [0, 0.1) is 0 Å². The van der Waals surface area contributed by atoms with Gasteiger partial charge >= 0.3 is 5.69 Å². The largest absolute Gasteiger partial charge is 0.494 e. The van der Waals surface area contributed by atoms with Gasteiger partial charge in [-0.2, -0.15) is 0 Å². The molecule has 2 heterocycles. The molecule has 2 aromatic carbocycles. The number of rotatable bonds is 6. The number of hydrogen-bond acceptors (Lipinski definition) is 6. The highest BCUT2D eigenvalue weighted by Gasteiger charge is 2.17. The number of hydrogen-bond donors (Lipinski definition) is 2. The summed E-state index contributed by atoms with van der Waals surface area (Å²) in [5.74, 6) is 0.0397. The maximum Gasteiger partial charge on any atom is 0.328 e. The van der Waals surface area contributed by atoms with Crippen LogP contribution in [0.3, 0.4) is 0 Å². The van der Waals surface area contributed by atoms with Gasteiger partial charge in [0.15, 0.2) is 5.13 Å². The first-order chi connectivity index (χ1) is 15.0. The first kappa shape index (κ1) is 20.8. The number of amides is 1. The molecule has 0 aliphatic heterocycles. The number of aromatic nitrogens is 3. The summed E-state index contributed by atoms with van der Waals surface area (Å²) < 4.78 is 7.24. The Bertz CT molecular complexity index is 1390. The fourth-order valence-electron chi connectivity index (χ4n) is 2.99. The minimum absolute atomic E-state index is 0.0592. The SMILES string of the molecule is CCOc1ccc2nc(NC(=O)c3c[nH]c(=O)n(Cc4ccccc4Cl)c3=O)sc2c1. The zero-order chi connectivity index (χ0) is 22.0. The van der Waals surface area contributed by atoms with E-state index < -0.39 is 17.2 Å². The number of H-pyrrole nitrogens is 1. The second kappa shape index (κ2) is 8.75. The molecule has 0 saturated heterocycles. The molecule has 8 nitrogen and oxygen atoms in total. The number of benzene rings is 2. The van der Waals surface area contributed by atoms with E-state index in [1.165, 1.54) is 11.3 Å². The Kier molecular flexibility index (Phi) is 5.88. The van der Waals surface area contributed by atoms with Gasteiger partial charge in [-0.1, -0.05) is 41.1 Å². The standard InChI is InChI=1S/C21H17ClN4O4S/c1-2-30-13-7-8-16-17(9-13)31-20(24-16)25-18(27)14-10-23-21(29)26(19(14)28)11-12-5-3-4-6-15(12)22/h3-10H,2,11H2,1H3,(H,23,29)(H,24,25,27). The lowest BCUT2D eigenvalue weighted by molar-refractivity contribution is 0.102. The summed E-state index contributed by atoms with van der Waals surface area (Å²) in [7, 11) is 0.